The first-order valence-electron chi connectivity index (χ1n) is 9.84. The lowest BCUT2D eigenvalue weighted by molar-refractivity contribution is 0.109. The van der Waals surface area contributed by atoms with Crippen LogP contribution in [-0.2, 0) is 0 Å². The maximum Gasteiger partial charge on any atom is 0.0169 e. The fraction of sp³-hybridized carbons (Fsp3) is 0.308. The van der Waals surface area contributed by atoms with Crippen molar-refractivity contribution in [3.8, 4) is 11.1 Å². The predicted octanol–water partition coefficient (Wildman–Crippen LogP) is 7.15. The van der Waals surface area contributed by atoms with Crippen LogP contribution in [0, 0.1) is 17.3 Å². The highest BCUT2D eigenvalue weighted by Gasteiger charge is 2.50. The molecule has 0 aromatic heterocycles. The van der Waals surface area contributed by atoms with Gasteiger partial charge in [0.2, 0.25) is 0 Å². The van der Waals surface area contributed by atoms with Crippen LogP contribution in [0.3, 0.4) is 0 Å². The monoisotopic (exact) mass is 340 g/mol. The fourth-order valence-electron chi connectivity index (χ4n) is 5.39. The van der Waals surface area contributed by atoms with Crippen molar-refractivity contribution in [2.45, 2.75) is 32.6 Å². The summed E-state index contributed by atoms with van der Waals surface area (Å²) in [6.07, 6.45) is 13.6. The number of rotatable bonds is 6. The van der Waals surface area contributed by atoms with Crippen LogP contribution in [0.1, 0.15) is 43.7 Å². The summed E-state index contributed by atoms with van der Waals surface area (Å²) in [5, 5.41) is 0. The van der Waals surface area contributed by atoms with Crippen molar-refractivity contribution >= 4 is 0 Å². The van der Waals surface area contributed by atoms with E-state index in [9.17, 15) is 0 Å². The van der Waals surface area contributed by atoms with Gasteiger partial charge in [-0.1, -0.05) is 92.8 Å². The molecule has 1 atom stereocenters. The summed E-state index contributed by atoms with van der Waals surface area (Å²) >= 11 is 0. The van der Waals surface area contributed by atoms with Gasteiger partial charge >= 0.3 is 0 Å². The van der Waals surface area contributed by atoms with E-state index in [1.165, 1.54) is 22.3 Å². The molecule has 26 heavy (non-hydrogen) atoms. The van der Waals surface area contributed by atoms with Gasteiger partial charge in [-0.05, 0) is 46.4 Å². The highest BCUT2D eigenvalue weighted by Crippen LogP contribution is 2.61. The Bertz CT molecular complexity index is 810. The second-order valence-electron chi connectivity index (χ2n) is 8.00. The van der Waals surface area contributed by atoms with Gasteiger partial charge in [-0.25, -0.2) is 0 Å². The topological polar surface area (TPSA) is 0 Å². The first-order valence-corrected chi connectivity index (χ1v) is 9.84. The SMILES string of the molecule is C=CCCC(C(C)C)(C1C=CC=C1)C1c2ccccc2-c2ccccc21. The molecule has 0 saturated carbocycles. The Balaban J connectivity index is 1.97. The van der Waals surface area contributed by atoms with Gasteiger partial charge in [-0.15, -0.1) is 6.58 Å². The summed E-state index contributed by atoms with van der Waals surface area (Å²) in [6, 6.07) is 18.1. The summed E-state index contributed by atoms with van der Waals surface area (Å²) in [6.45, 7) is 8.85. The summed E-state index contributed by atoms with van der Waals surface area (Å²) in [5.41, 5.74) is 5.99. The smallest absolute Gasteiger partial charge is 0.0169 e. The Morgan fingerprint density at radius 3 is 1.96 bits per heavy atom. The van der Waals surface area contributed by atoms with Crippen molar-refractivity contribution in [1.82, 2.24) is 0 Å². The quantitative estimate of drug-likeness (QED) is 0.490. The Morgan fingerprint density at radius 1 is 0.923 bits per heavy atom. The summed E-state index contributed by atoms with van der Waals surface area (Å²) in [4.78, 5) is 0. The van der Waals surface area contributed by atoms with Crippen LogP contribution in [0.2, 0.25) is 0 Å². The maximum absolute atomic E-state index is 4.03. The molecule has 4 rings (SSSR count). The van der Waals surface area contributed by atoms with Crippen molar-refractivity contribution in [2.75, 3.05) is 0 Å². The molecule has 0 nitrogen and oxygen atoms in total. The molecule has 2 aliphatic rings. The van der Waals surface area contributed by atoms with Gasteiger partial charge in [0.1, 0.15) is 0 Å². The van der Waals surface area contributed by atoms with Gasteiger partial charge < -0.3 is 0 Å². The number of allylic oxidation sites excluding steroid dienone is 5. The minimum Gasteiger partial charge on any atom is -0.103 e. The lowest BCUT2D eigenvalue weighted by Gasteiger charge is -2.47. The molecule has 0 saturated heterocycles. The van der Waals surface area contributed by atoms with Crippen molar-refractivity contribution in [3.63, 3.8) is 0 Å². The normalized spacial score (nSPS) is 18.1. The molecule has 132 valence electrons. The van der Waals surface area contributed by atoms with E-state index in [-0.39, 0.29) is 5.41 Å². The van der Waals surface area contributed by atoms with Gasteiger partial charge in [-0.3, -0.25) is 0 Å². The minimum absolute atomic E-state index is 0.153. The van der Waals surface area contributed by atoms with Crippen LogP contribution in [-0.4, -0.2) is 0 Å². The summed E-state index contributed by atoms with van der Waals surface area (Å²) in [7, 11) is 0. The van der Waals surface area contributed by atoms with E-state index in [1.54, 1.807) is 0 Å². The van der Waals surface area contributed by atoms with Crippen molar-refractivity contribution in [3.05, 3.63) is 96.6 Å². The summed E-state index contributed by atoms with van der Waals surface area (Å²) in [5.74, 6) is 1.45. The second-order valence-corrected chi connectivity index (χ2v) is 8.00. The van der Waals surface area contributed by atoms with E-state index in [0.717, 1.165) is 12.8 Å². The van der Waals surface area contributed by atoms with E-state index in [2.05, 4.69) is 99.3 Å². The zero-order chi connectivity index (χ0) is 18.1. The van der Waals surface area contributed by atoms with Crippen LogP contribution < -0.4 is 0 Å². The highest BCUT2D eigenvalue weighted by atomic mass is 14.5. The maximum atomic E-state index is 4.03. The van der Waals surface area contributed by atoms with Crippen LogP contribution in [0.25, 0.3) is 11.1 Å². The zero-order valence-electron chi connectivity index (χ0n) is 15.9. The van der Waals surface area contributed by atoms with Gasteiger partial charge in [0, 0.05) is 11.8 Å². The van der Waals surface area contributed by atoms with E-state index in [0.29, 0.717) is 17.8 Å². The number of hydrogen-bond acceptors (Lipinski definition) is 0. The van der Waals surface area contributed by atoms with Crippen molar-refractivity contribution in [2.24, 2.45) is 17.3 Å². The van der Waals surface area contributed by atoms with E-state index in [1.807, 2.05) is 0 Å². The molecule has 0 bridgehead atoms. The van der Waals surface area contributed by atoms with E-state index in [4.69, 9.17) is 0 Å². The number of fused-ring (bicyclic) bond motifs is 3. The standard InChI is InChI=1S/C26H28/c1-4-5-18-26(19(2)3,20-12-6-7-13-20)25-23-16-10-8-14-21(23)22-15-9-11-17-24(22)25/h4,6-17,19-20,25H,1,5,18H2,2-3H3. The zero-order valence-corrected chi connectivity index (χ0v) is 15.9. The first kappa shape index (κ1) is 17.1. The van der Waals surface area contributed by atoms with Crippen molar-refractivity contribution in [1.29, 1.82) is 0 Å². The molecule has 0 radical (unpaired) electrons. The lowest BCUT2D eigenvalue weighted by Crippen LogP contribution is -2.39. The Labute approximate surface area is 158 Å². The predicted molar refractivity (Wildman–Crippen MR) is 112 cm³/mol. The second kappa shape index (κ2) is 6.76. The van der Waals surface area contributed by atoms with Gasteiger partial charge in [0.05, 0.1) is 0 Å². The largest absolute Gasteiger partial charge is 0.103 e. The first-order chi connectivity index (χ1) is 12.7. The molecule has 2 aliphatic carbocycles. The van der Waals surface area contributed by atoms with Gasteiger partial charge in [0.25, 0.3) is 0 Å². The van der Waals surface area contributed by atoms with E-state index >= 15 is 0 Å². The van der Waals surface area contributed by atoms with Crippen LogP contribution in [0.4, 0.5) is 0 Å². The lowest BCUT2D eigenvalue weighted by atomic mass is 9.56. The number of benzene rings is 2. The van der Waals surface area contributed by atoms with Gasteiger partial charge in [0.15, 0.2) is 0 Å². The Kier molecular flexibility index (Phi) is 4.44. The van der Waals surface area contributed by atoms with Crippen molar-refractivity contribution < 1.29 is 0 Å². The van der Waals surface area contributed by atoms with Crippen LogP contribution in [0.15, 0.2) is 85.5 Å². The number of hydrogen-bond donors (Lipinski definition) is 0. The van der Waals surface area contributed by atoms with E-state index < -0.39 is 0 Å². The molecular formula is C26H28. The molecule has 0 amide bonds. The molecule has 0 heterocycles. The molecule has 2 aromatic rings. The van der Waals surface area contributed by atoms with Gasteiger partial charge in [-0.2, -0.15) is 0 Å². The van der Waals surface area contributed by atoms with Crippen LogP contribution in [0.5, 0.6) is 0 Å². The fourth-order valence-corrected chi connectivity index (χ4v) is 5.39. The third kappa shape index (κ3) is 2.43. The Morgan fingerprint density at radius 2 is 1.46 bits per heavy atom. The minimum atomic E-state index is 0.153. The molecule has 2 aromatic carbocycles. The molecule has 1 unspecified atom stereocenters. The Hall–Kier alpha value is -2.34. The molecule has 0 N–H and O–H groups in total. The van der Waals surface area contributed by atoms with Crippen LogP contribution >= 0.6 is 0 Å². The molecule has 0 spiro atoms. The average Bonchev–Trinajstić information content (AvgIpc) is 3.30. The molecular weight excluding hydrogens is 312 g/mol. The third-order valence-corrected chi connectivity index (χ3v) is 6.60. The molecule has 0 heteroatoms. The summed E-state index contributed by atoms with van der Waals surface area (Å²) < 4.78 is 0. The third-order valence-electron chi connectivity index (χ3n) is 6.60. The highest BCUT2D eigenvalue weighted by molar-refractivity contribution is 5.79. The molecule has 0 fully saturated rings. The molecule has 0 aliphatic heterocycles. The average molecular weight is 341 g/mol.